The van der Waals surface area contributed by atoms with E-state index >= 15 is 0 Å². The molecule has 1 rings (SSSR count). The van der Waals surface area contributed by atoms with Gasteiger partial charge in [-0.2, -0.15) is 0 Å². The highest BCUT2D eigenvalue weighted by atomic mass is 14.0. The maximum absolute atomic E-state index is 2.39. The van der Waals surface area contributed by atoms with Crippen molar-refractivity contribution in [2.45, 2.75) is 32.1 Å². The Morgan fingerprint density at radius 3 is 1.67 bits per heavy atom. The summed E-state index contributed by atoms with van der Waals surface area (Å²) in [4.78, 5) is 0. The highest BCUT2D eigenvalue weighted by molar-refractivity contribution is 4.69. The second-order valence-corrected chi connectivity index (χ2v) is 1.93. The van der Waals surface area contributed by atoms with E-state index in [1.54, 1.807) is 0 Å². The quantitative estimate of drug-likeness (QED) is 0.394. The first kappa shape index (κ1) is 4.04. The Morgan fingerprint density at radius 1 is 0.833 bits per heavy atom. The van der Waals surface area contributed by atoms with E-state index in [-0.39, 0.29) is 0 Å². The molecule has 0 bridgehead atoms. The molecular weight excluding hydrogens is 72.1 g/mol. The minimum Gasteiger partial charge on any atom is -0.0452 e. The minimum atomic E-state index is 1.38. The first-order chi connectivity index (χ1) is 3.00. The summed E-state index contributed by atoms with van der Waals surface area (Å²) in [6.45, 7) is 0. The summed E-state index contributed by atoms with van der Waals surface area (Å²) in [6, 6.07) is 0. The molecule has 1 fully saturated rings. The van der Waals surface area contributed by atoms with E-state index in [0.717, 1.165) is 0 Å². The summed E-state index contributed by atoms with van der Waals surface area (Å²) in [5.41, 5.74) is 0. The van der Waals surface area contributed by atoms with Gasteiger partial charge in [-0.05, 0) is 19.3 Å². The predicted octanol–water partition coefficient (Wildman–Crippen LogP) is 2.15. The Hall–Kier alpha value is -0.130. The second kappa shape index (κ2) is 2.12. The van der Waals surface area contributed by atoms with Gasteiger partial charge < -0.3 is 0 Å². The van der Waals surface area contributed by atoms with E-state index in [1.165, 1.54) is 32.1 Å². The molecule has 0 N–H and O–H groups in total. The van der Waals surface area contributed by atoms with Gasteiger partial charge in [0.1, 0.15) is 0 Å². The molecule has 6 heavy (non-hydrogen) atoms. The zero-order valence-corrected chi connectivity index (χ0v) is 4.11. The fraction of sp³-hybridized carbons (Fsp3) is 0.833. The summed E-state index contributed by atoms with van der Waals surface area (Å²) in [7, 11) is 0. The number of hydrogen-bond acceptors (Lipinski definition) is 0. The molecular formula is C6H11+. The summed E-state index contributed by atoms with van der Waals surface area (Å²) in [5.74, 6) is 0. The van der Waals surface area contributed by atoms with Crippen molar-refractivity contribution in [2.24, 2.45) is 0 Å². The Balaban J connectivity index is 2.00. The Labute approximate surface area is 39.6 Å². The van der Waals surface area contributed by atoms with Crippen LogP contribution in [0.25, 0.3) is 0 Å². The SMILES string of the molecule is [CH+]1CCCCC1. The van der Waals surface area contributed by atoms with Crippen molar-refractivity contribution in [3.05, 3.63) is 6.42 Å². The Morgan fingerprint density at radius 2 is 1.50 bits per heavy atom. The van der Waals surface area contributed by atoms with Gasteiger partial charge in [0.2, 0.25) is 0 Å². The van der Waals surface area contributed by atoms with Crippen LogP contribution < -0.4 is 0 Å². The fourth-order valence-corrected chi connectivity index (χ4v) is 0.898. The highest BCUT2D eigenvalue weighted by Gasteiger charge is 2.04. The lowest BCUT2D eigenvalue weighted by atomic mass is 10.0. The van der Waals surface area contributed by atoms with Crippen molar-refractivity contribution in [2.75, 3.05) is 0 Å². The molecule has 0 heteroatoms. The van der Waals surface area contributed by atoms with Crippen LogP contribution in [0.3, 0.4) is 0 Å². The van der Waals surface area contributed by atoms with Crippen molar-refractivity contribution in [1.29, 1.82) is 0 Å². The first-order valence-corrected chi connectivity index (χ1v) is 2.82. The van der Waals surface area contributed by atoms with Crippen molar-refractivity contribution in [3.63, 3.8) is 0 Å². The van der Waals surface area contributed by atoms with Crippen molar-refractivity contribution >= 4 is 0 Å². The van der Waals surface area contributed by atoms with E-state index in [2.05, 4.69) is 6.42 Å². The molecule has 0 radical (unpaired) electrons. The second-order valence-electron chi connectivity index (χ2n) is 1.93. The van der Waals surface area contributed by atoms with Crippen LogP contribution in [0.1, 0.15) is 32.1 Å². The largest absolute Gasteiger partial charge is 0.0875 e. The molecule has 0 saturated heterocycles. The summed E-state index contributed by atoms with van der Waals surface area (Å²) in [6.07, 6.45) is 9.50. The molecule has 1 aliphatic carbocycles. The van der Waals surface area contributed by atoms with Crippen molar-refractivity contribution < 1.29 is 0 Å². The molecule has 0 spiro atoms. The molecule has 0 heterocycles. The highest BCUT2D eigenvalue weighted by Crippen LogP contribution is 2.14. The standard InChI is InChI=1S/C6H11/c1-2-4-6-5-3-1/h1H,2-6H2/q+1. The van der Waals surface area contributed by atoms with Crippen LogP contribution in [0, 0.1) is 6.42 Å². The van der Waals surface area contributed by atoms with Gasteiger partial charge in [0, 0.05) is 0 Å². The lowest BCUT2D eigenvalue weighted by molar-refractivity contribution is 0.593. The van der Waals surface area contributed by atoms with E-state index in [4.69, 9.17) is 0 Å². The molecule has 1 aliphatic rings. The first-order valence-electron chi connectivity index (χ1n) is 2.82. The number of hydrogen-bond donors (Lipinski definition) is 0. The van der Waals surface area contributed by atoms with Gasteiger partial charge in [-0.15, -0.1) is 0 Å². The maximum Gasteiger partial charge on any atom is 0.0875 e. The molecule has 0 nitrogen and oxygen atoms in total. The zero-order valence-electron chi connectivity index (χ0n) is 4.11. The molecule has 0 aromatic carbocycles. The van der Waals surface area contributed by atoms with Gasteiger partial charge in [0.05, 0.1) is 19.3 Å². The normalized spacial score (nSPS) is 22.7. The van der Waals surface area contributed by atoms with Crippen LogP contribution in [0.4, 0.5) is 0 Å². The lowest BCUT2D eigenvalue weighted by Gasteiger charge is -1.97. The van der Waals surface area contributed by atoms with Crippen LogP contribution in [0.2, 0.25) is 0 Å². The smallest absolute Gasteiger partial charge is 0.0452 e. The third-order valence-electron chi connectivity index (χ3n) is 1.32. The molecule has 0 amide bonds. The molecule has 0 aliphatic heterocycles. The molecule has 0 aromatic rings. The molecule has 1 saturated carbocycles. The van der Waals surface area contributed by atoms with E-state index < -0.39 is 0 Å². The number of rotatable bonds is 0. The summed E-state index contributed by atoms with van der Waals surface area (Å²) in [5, 5.41) is 0. The topological polar surface area (TPSA) is 0 Å². The maximum atomic E-state index is 2.39. The average Bonchev–Trinajstić information content (AvgIpc) is 1.72. The minimum absolute atomic E-state index is 1.38. The van der Waals surface area contributed by atoms with Crippen LogP contribution in [0.15, 0.2) is 0 Å². The summed E-state index contributed by atoms with van der Waals surface area (Å²) < 4.78 is 0. The van der Waals surface area contributed by atoms with Gasteiger partial charge in [0.15, 0.2) is 0 Å². The lowest BCUT2D eigenvalue weighted by Crippen LogP contribution is -1.87. The van der Waals surface area contributed by atoms with Crippen LogP contribution in [-0.2, 0) is 0 Å². The molecule has 0 unspecified atom stereocenters. The van der Waals surface area contributed by atoms with Crippen molar-refractivity contribution in [1.82, 2.24) is 0 Å². The molecule has 0 atom stereocenters. The fourth-order valence-electron chi connectivity index (χ4n) is 0.898. The van der Waals surface area contributed by atoms with Crippen molar-refractivity contribution in [3.8, 4) is 0 Å². The third kappa shape index (κ3) is 0.925. The third-order valence-corrected chi connectivity index (χ3v) is 1.32. The van der Waals surface area contributed by atoms with Gasteiger partial charge in [0.25, 0.3) is 0 Å². The monoisotopic (exact) mass is 83.1 g/mol. The van der Waals surface area contributed by atoms with E-state index in [9.17, 15) is 0 Å². The van der Waals surface area contributed by atoms with Gasteiger partial charge in [-0.25, -0.2) is 0 Å². The van der Waals surface area contributed by atoms with Crippen LogP contribution in [0.5, 0.6) is 0 Å². The molecule has 34 valence electrons. The van der Waals surface area contributed by atoms with Gasteiger partial charge >= 0.3 is 0 Å². The predicted molar refractivity (Wildman–Crippen MR) is 27.4 cm³/mol. The van der Waals surface area contributed by atoms with Crippen LogP contribution >= 0.6 is 0 Å². The summed E-state index contributed by atoms with van der Waals surface area (Å²) >= 11 is 0. The molecule has 0 aromatic heterocycles. The van der Waals surface area contributed by atoms with E-state index in [1.807, 2.05) is 0 Å². The Bertz CT molecular complexity index is 15.5. The van der Waals surface area contributed by atoms with Crippen LogP contribution in [-0.4, -0.2) is 0 Å². The van der Waals surface area contributed by atoms with Gasteiger partial charge in [-0.3, -0.25) is 0 Å². The zero-order chi connectivity index (χ0) is 4.24. The Kier molecular flexibility index (Phi) is 1.43. The van der Waals surface area contributed by atoms with E-state index in [0.29, 0.717) is 0 Å². The average molecular weight is 83.2 g/mol. The van der Waals surface area contributed by atoms with Gasteiger partial charge in [-0.1, -0.05) is 0 Å².